The van der Waals surface area contributed by atoms with Gasteiger partial charge < -0.3 is 9.47 Å². The molecule has 0 aromatic rings. The Morgan fingerprint density at radius 3 is 1.31 bits per heavy atom. The van der Waals surface area contributed by atoms with E-state index in [4.69, 9.17) is 9.47 Å². The van der Waals surface area contributed by atoms with E-state index >= 15 is 0 Å². The highest BCUT2D eigenvalue weighted by Gasteiger charge is 2.48. The number of hydrogen-bond acceptors (Lipinski definition) is 2. The monoisotopic (exact) mass is 568 g/mol. The van der Waals surface area contributed by atoms with Crippen molar-refractivity contribution < 1.29 is 9.47 Å². The molecule has 2 saturated carbocycles. The van der Waals surface area contributed by atoms with Crippen LogP contribution in [0.15, 0.2) is 106 Å². The Balaban J connectivity index is 1.28. The number of fused-ring (bicyclic) bond motifs is 2. The lowest BCUT2D eigenvalue weighted by atomic mass is 9.66. The van der Waals surface area contributed by atoms with Gasteiger partial charge in [-0.15, -0.1) is 0 Å². The van der Waals surface area contributed by atoms with Gasteiger partial charge in [0.15, 0.2) is 0 Å². The van der Waals surface area contributed by atoms with Crippen LogP contribution in [-0.4, -0.2) is 23.4 Å². The van der Waals surface area contributed by atoms with Gasteiger partial charge >= 0.3 is 0 Å². The summed E-state index contributed by atoms with van der Waals surface area (Å²) < 4.78 is 13.1. The van der Waals surface area contributed by atoms with Gasteiger partial charge in [0.25, 0.3) is 0 Å². The van der Waals surface area contributed by atoms with Crippen molar-refractivity contribution in [2.75, 3.05) is 0 Å². The predicted octanol–water partition coefficient (Wildman–Crippen LogP) is 11.0. The Morgan fingerprint density at radius 1 is 0.571 bits per heavy atom. The third kappa shape index (κ3) is 7.37. The molecule has 0 saturated heterocycles. The van der Waals surface area contributed by atoms with Crippen LogP contribution in [0.5, 0.6) is 0 Å². The van der Waals surface area contributed by atoms with Gasteiger partial charge in [0.05, 0.1) is 23.4 Å². The molecule has 228 valence electrons. The molecule has 2 heteroatoms. The first kappa shape index (κ1) is 32.5. The van der Waals surface area contributed by atoms with Gasteiger partial charge in [-0.3, -0.25) is 0 Å². The van der Waals surface area contributed by atoms with E-state index in [9.17, 15) is 0 Å². The maximum atomic E-state index is 6.56. The highest BCUT2D eigenvalue weighted by molar-refractivity contribution is 5.38. The molecule has 2 aliphatic heterocycles. The van der Waals surface area contributed by atoms with Crippen molar-refractivity contribution in [1.82, 2.24) is 0 Å². The maximum Gasteiger partial charge on any atom is 0.0982 e. The van der Waals surface area contributed by atoms with Crippen LogP contribution in [0.2, 0.25) is 0 Å². The van der Waals surface area contributed by atoms with E-state index < -0.39 is 0 Å². The van der Waals surface area contributed by atoms with Crippen LogP contribution < -0.4 is 0 Å². The second-order valence-electron chi connectivity index (χ2n) is 14.9. The summed E-state index contributed by atoms with van der Waals surface area (Å²) in [6.07, 6.45) is 33.7. The van der Waals surface area contributed by atoms with Crippen LogP contribution in [-0.2, 0) is 9.47 Å². The van der Waals surface area contributed by atoms with E-state index in [0.29, 0.717) is 0 Å². The first-order valence-electron chi connectivity index (χ1n) is 16.2. The van der Waals surface area contributed by atoms with Gasteiger partial charge in [-0.05, 0) is 125 Å². The zero-order chi connectivity index (χ0) is 30.8. The predicted molar refractivity (Wildman–Crippen MR) is 180 cm³/mol. The van der Waals surface area contributed by atoms with Crippen LogP contribution in [0.4, 0.5) is 0 Å². The van der Waals surface area contributed by atoms with Gasteiger partial charge in [-0.25, -0.2) is 0 Å². The van der Waals surface area contributed by atoms with Crippen molar-refractivity contribution in [2.45, 2.75) is 131 Å². The Bertz CT molecular complexity index is 1200. The molecule has 0 aromatic heterocycles. The van der Waals surface area contributed by atoms with Crippen molar-refractivity contribution in [3.8, 4) is 0 Å². The normalized spacial score (nSPS) is 33.9. The summed E-state index contributed by atoms with van der Waals surface area (Å²) in [4.78, 5) is 0. The number of hydrogen-bond donors (Lipinski definition) is 0. The molecule has 2 aliphatic carbocycles. The molecule has 2 nitrogen and oxygen atoms in total. The van der Waals surface area contributed by atoms with E-state index in [2.05, 4.69) is 142 Å². The lowest BCUT2D eigenvalue weighted by Crippen LogP contribution is -2.39. The third-order valence-electron chi connectivity index (χ3n) is 10.1. The highest BCUT2D eigenvalue weighted by Crippen LogP contribution is 2.53. The second kappa shape index (κ2) is 12.7. The van der Waals surface area contributed by atoms with Gasteiger partial charge in [0.1, 0.15) is 0 Å². The van der Waals surface area contributed by atoms with Crippen LogP contribution in [0.3, 0.4) is 0 Å². The summed E-state index contributed by atoms with van der Waals surface area (Å²) in [5.74, 6) is 0. The molecule has 0 amide bonds. The van der Waals surface area contributed by atoms with Crippen molar-refractivity contribution in [3.63, 3.8) is 0 Å². The van der Waals surface area contributed by atoms with E-state index in [1.165, 1.54) is 59.1 Å². The van der Waals surface area contributed by atoms with Crippen molar-refractivity contribution in [3.05, 3.63) is 106 Å². The first-order valence-corrected chi connectivity index (χ1v) is 16.2. The zero-order valence-corrected chi connectivity index (χ0v) is 28.1. The highest BCUT2D eigenvalue weighted by atomic mass is 16.5. The minimum atomic E-state index is -0.0987. The van der Waals surface area contributed by atoms with Crippen LogP contribution in [0, 0.1) is 10.8 Å². The summed E-state index contributed by atoms with van der Waals surface area (Å²) in [6.45, 7) is 22.7. The lowest BCUT2D eigenvalue weighted by molar-refractivity contribution is -0.0311. The summed E-state index contributed by atoms with van der Waals surface area (Å²) >= 11 is 0. The standard InChI is InChI=1S/C40H56O2/c1-29(19-13-21-31(3)33-27-35-37(5,6)23-15-25-39(35,9)41-33)17-11-12-18-30(2)20-14-22-32(4)34-28-36-38(7,8)24-16-26-40(36,10)42-34/h11-14,17-22,27-28,33-34H,15-16,23-26H2,1-10H3/b12-11+,19-13+,20-14+,29-17+,30-18+,31-21+,32-22+/t33-,34+,39-,40+. The largest absolute Gasteiger partial charge is 0.359 e. The minimum Gasteiger partial charge on any atom is -0.359 e. The van der Waals surface area contributed by atoms with E-state index in [1.807, 2.05) is 0 Å². The number of allylic oxidation sites excluding steroid dienone is 12. The topological polar surface area (TPSA) is 18.5 Å². The minimum absolute atomic E-state index is 0.0818. The van der Waals surface area contributed by atoms with Gasteiger partial charge in [0.2, 0.25) is 0 Å². The summed E-state index contributed by atoms with van der Waals surface area (Å²) in [5.41, 5.74) is 8.20. The molecule has 4 aliphatic rings. The molecule has 0 bridgehead atoms. The Kier molecular flexibility index (Phi) is 9.80. The van der Waals surface area contributed by atoms with E-state index in [1.54, 1.807) is 0 Å². The average Bonchev–Trinajstić information content (AvgIpc) is 3.46. The van der Waals surface area contributed by atoms with Crippen LogP contribution in [0.1, 0.15) is 108 Å². The van der Waals surface area contributed by atoms with Gasteiger partial charge in [-0.2, -0.15) is 0 Å². The molecule has 4 rings (SSSR count). The average molecular weight is 569 g/mol. The number of rotatable bonds is 8. The molecule has 42 heavy (non-hydrogen) atoms. The first-order chi connectivity index (χ1) is 19.7. The molecular formula is C40H56O2. The summed E-state index contributed by atoms with van der Waals surface area (Å²) in [6, 6.07) is 0. The number of ether oxygens (including phenoxy) is 2. The molecule has 0 unspecified atom stereocenters. The van der Waals surface area contributed by atoms with Gasteiger partial charge in [0, 0.05) is 0 Å². The molecule has 0 N–H and O–H groups in total. The molecule has 0 spiro atoms. The molecule has 0 radical (unpaired) electrons. The Labute approximate surface area is 257 Å². The smallest absolute Gasteiger partial charge is 0.0982 e. The third-order valence-corrected chi connectivity index (χ3v) is 10.1. The van der Waals surface area contributed by atoms with Crippen molar-refractivity contribution in [1.29, 1.82) is 0 Å². The fourth-order valence-electron chi connectivity index (χ4n) is 7.55. The quantitative estimate of drug-likeness (QED) is 0.214. The van der Waals surface area contributed by atoms with Gasteiger partial charge in [-0.1, -0.05) is 99.6 Å². The lowest BCUT2D eigenvalue weighted by Gasteiger charge is -2.42. The fourth-order valence-corrected chi connectivity index (χ4v) is 7.55. The Hall–Kier alpha value is -2.42. The SMILES string of the molecule is CC(/C=C/C=C(\C)[C@@H]1C=C2C(C)(C)CCC[C@]2(C)O1)=C\C=C\C=C(C)\C=C\C=C(/C)[C@H]1C=C2C(C)(C)CCC[C@@]2(C)O1. The summed E-state index contributed by atoms with van der Waals surface area (Å²) in [7, 11) is 0. The molecule has 4 atom stereocenters. The second-order valence-corrected chi connectivity index (χ2v) is 14.9. The zero-order valence-electron chi connectivity index (χ0n) is 28.1. The van der Waals surface area contributed by atoms with Crippen molar-refractivity contribution in [2.24, 2.45) is 10.8 Å². The molecule has 2 fully saturated rings. The van der Waals surface area contributed by atoms with E-state index in [0.717, 1.165) is 12.8 Å². The fraction of sp³-hybridized carbons (Fsp3) is 0.550. The maximum absolute atomic E-state index is 6.56. The Morgan fingerprint density at radius 2 is 0.952 bits per heavy atom. The molecule has 2 heterocycles. The summed E-state index contributed by atoms with van der Waals surface area (Å²) in [5, 5.41) is 0. The molecule has 0 aromatic carbocycles. The van der Waals surface area contributed by atoms with Crippen molar-refractivity contribution >= 4 is 0 Å². The van der Waals surface area contributed by atoms with Crippen LogP contribution in [0.25, 0.3) is 0 Å². The molecular weight excluding hydrogens is 512 g/mol. The van der Waals surface area contributed by atoms with Crippen LogP contribution >= 0.6 is 0 Å². The van der Waals surface area contributed by atoms with E-state index in [-0.39, 0.29) is 34.2 Å².